The molecule has 7 unspecified atom stereocenters. The molecular formula is C25H32O8. The third-order valence-corrected chi connectivity index (χ3v) is 8.98. The molecule has 0 bridgehead atoms. The largest absolute Gasteiger partial charge is 0.481 e. The maximum atomic E-state index is 13.1. The van der Waals surface area contributed by atoms with Gasteiger partial charge >= 0.3 is 11.9 Å². The molecule has 0 spiro atoms. The first-order valence-corrected chi connectivity index (χ1v) is 11.6. The van der Waals surface area contributed by atoms with E-state index in [9.17, 15) is 29.4 Å². The smallest absolute Gasteiger partial charge is 0.306 e. The van der Waals surface area contributed by atoms with Gasteiger partial charge in [0, 0.05) is 23.2 Å². The van der Waals surface area contributed by atoms with Gasteiger partial charge in [0.25, 0.3) is 0 Å². The van der Waals surface area contributed by atoms with E-state index in [1.54, 1.807) is 6.08 Å². The van der Waals surface area contributed by atoms with Crippen LogP contribution in [0.3, 0.4) is 0 Å². The number of aliphatic carboxylic acids is 1. The summed E-state index contributed by atoms with van der Waals surface area (Å²) in [6.45, 7) is 3.29. The summed E-state index contributed by atoms with van der Waals surface area (Å²) >= 11 is 0. The molecule has 3 N–H and O–H groups in total. The monoisotopic (exact) mass is 460 g/mol. The van der Waals surface area contributed by atoms with E-state index in [0.717, 1.165) is 5.57 Å². The van der Waals surface area contributed by atoms with Crippen molar-refractivity contribution in [2.75, 3.05) is 6.61 Å². The Bertz CT molecular complexity index is 950. The Labute approximate surface area is 192 Å². The van der Waals surface area contributed by atoms with Crippen LogP contribution in [0.4, 0.5) is 0 Å². The van der Waals surface area contributed by atoms with E-state index in [1.165, 1.54) is 0 Å². The van der Waals surface area contributed by atoms with E-state index in [4.69, 9.17) is 9.84 Å². The van der Waals surface area contributed by atoms with Crippen LogP contribution in [0.1, 0.15) is 58.8 Å². The first-order chi connectivity index (χ1) is 15.4. The predicted octanol–water partition coefficient (Wildman–Crippen LogP) is 1.97. The number of aliphatic hydroxyl groups is 2. The highest BCUT2D eigenvalue weighted by Gasteiger charge is 2.67. The Balaban J connectivity index is 1.54. The molecular weight excluding hydrogens is 428 g/mol. The maximum absolute atomic E-state index is 13.1. The normalized spacial score (nSPS) is 41.5. The van der Waals surface area contributed by atoms with Gasteiger partial charge in [-0.3, -0.25) is 19.2 Å². The zero-order valence-electron chi connectivity index (χ0n) is 19.1. The number of carbonyl (C=O) groups is 4. The van der Waals surface area contributed by atoms with Gasteiger partial charge in [0.05, 0.1) is 18.9 Å². The van der Waals surface area contributed by atoms with Crippen LogP contribution in [0.25, 0.3) is 0 Å². The third kappa shape index (κ3) is 3.67. The molecule has 8 nitrogen and oxygen atoms in total. The summed E-state index contributed by atoms with van der Waals surface area (Å²) in [6.07, 6.45) is 6.24. The Hall–Kier alpha value is -2.32. The van der Waals surface area contributed by atoms with Crippen LogP contribution in [0.15, 0.2) is 23.8 Å². The van der Waals surface area contributed by atoms with E-state index in [2.05, 4.69) is 13.0 Å². The fraction of sp³-hybridized carbons (Fsp3) is 0.680. The molecule has 8 heteroatoms. The zero-order valence-corrected chi connectivity index (χ0v) is 19.1. The Morgan fingerprint density at radius 1 is 1.21 bits per heavy atom. The van der Waals surface area contributed by atoms with Crippen LogP contribution in [0.5, 0.6) is 0 Å². The van der Waals surface area contributed by atoms with Gasteiger partial charge in [-0.05, 0) is 43.6 Å². The number of hydrogen-bond donors (Lipinski definition) is 3. The SMILES string of the molecule is CC12C=CC(=O)CC1=CCC1C2C(O)CC2(C)C1CCC2(O)C(=O)COC(=O)CCC(=O)O. The van der Waals surface area contributed by atoms with Crippen LogP contribution < -0.4 is 0 Å². The summed E-state index contributed by atoms with van der Waals surface area (Å²) in [5.41, 5.74) is -2.01. The molecule has 0 aliphatic heterocycles. The van der Waals surface area contributed by atoms with Crippen molar-refractivity contribution in [3.05, 3.63) is 23.8 Å². The van der Waals surface area contributed by atoms with Crippen LogP contribution >= 0.6 is 0 Å². The summed E-state index contributed by atoms with van der Waals surface area (Å²) in [7, 11) is 0. The second-order valence-electron chi connectivity index (χ2n) is 10.6. The highest BCUT2D eigenvalue weighted by molar-refractivity contribution is 5.93. The average molecular weight is 461 g/mol. The number of carboxylic acids is 1. The molecule has 33 heavy (non-hydrogen) atoms. The molecule has 180 valence electrons. The molecule has 4 aliphatic rings. The second kappa shape index (κ2) is 8.17. The maximum Gasteiger partial charge on any atom is 0.306 e. The molecule has 0 aromatic heterocycles. The molecule has 7 atom stereocenters. The van der Waals surface area contributed by atoms with Gasteiger partial charge in [0.2, 0.25) is 5.78 Å². The molecule has 0 saturated heterocycles. The molecule has 0 aromatic rings. The van der Waals surface area contributed by atoms with E-state index in [-0.39, 0.29) is 49.2 Å². The Morgan fingerprint density at radius 2 is 1.94 bits per heavy atom. The lowest BCUT2D eigenvalue weighted by Gasteiger charge is -2.58. The van der Waals surface area contributed by atoms with Gasteiger partial charge in [-0.25, -0.2) is 0 Å². The van der Waals surface area contributed by atoms with Gasteiger partial charge in [-0.1, -0.05) is 31.6 Å². The number of ether oxygens (including phenoxy) is 1. The fourth-order valence-corrected chi connectivity index (χ4v) is 7.24. The van der Waals surface area contributed by atoms with Crippen molar-refractivity contribution in [2.24, 2.45) is 28.6 Å². The first-order valence-electron chi connectivity index (χ1n) is 11.6. The van der Waals surface area contributed by atoms with Crippen molar-refractivity contribution in [1.29, 1.82) is 0 Å². The number of Topliss-reactive ketones (excluding diaryl/α,β-unsaturated/α-hetero) is 1. The van der Waals surface area contributed by atoms with Crippen LogP contribution in [-0.4, -0.2) is 57.1 Å². The van der Waals surface area contributed by atoms with Gasteiger partial charge < -0.3 is 20.1 Å². The standard InChI is InChI=1S/C25H32O8/c1-23-9-7-15(26)11-14(23)3-4-16-17-8-10-25(32,24(17,2)12-18(27)22(16)23)19(28)13-33-21(31)6-5-20(29)30/h3,7,9,16-18,22,27,32H,4-6,8,10-13H2,1-2H3,(H,29,30). The minimum absolute atomic E-state index is 0.0109. The first kappa shape index (κ1) is 23.8. The van der Waals surface area contributed by atoms with Crippen LogP contribution in [0, 0.1) is 28.6 Å². The quantitative estimate of drug-likeness (QED) is 0.404. The number of hydrogen-bond acceptors (Lipinski definition) is 7. The number of esters is 1. The number of carboxylic acid groups (broad SMARTS) is 1. The topological polar surface area (TPSA) is 138 Å². The summed E-state index contributed by atoms with van der Waals surface area (Å²) < 4.78 is 4.96. The number of rotatable bonds is 6. The number of aliphatic hydroxyl groups excluding tert-OH is 1. The number of fused-ring (bicyclic) bond motifs is 5. The summed E-state index contributed by atoms with van der Waals surface area (Å²) in [5.74, 6) is -2.55. The Morgan fingerprint density at radius 3 is 2.64 bits per heavy atom. The van der Waals surface area contributed by atoms with Gasteiger partial charge in [-0.15, -0.1) is 0 Å². The number of ketones is 2. The van der Waals surface area contributed by atoms with Crippen molar-refractivity contribution in [3.63, 3.8) is 0 Å². The molecule has 0 heterocycles. The van der Waals surface area contributed by atoms with E-state index in [1.807, 2.05) is 13.0 Å². The van der Waals surface area contributed by atoms with E-state index in [0.29, 0.717) is 19.3 Å². The van der Waals surface area contributed by atoms with E-state index < -0.39 is 46.9 Å². The lowest BCUT2D eigenvalue weighted by molar-refractivity contribution is -0.179. The van der Waals surface area contributed by atoms with Crippen molar-refractivity contribution < 1.29 is 39.2 Å². The Kier molecular flexibility index (Phi) is 5.90. The lowest BCUT2D eigenvalue weighted by Crippen LogP contribution is -2.61. The predicted molar refractivity (Wildman–Crippen MR) is 116 cm³/mol. The van der Waals surface area contributed by atoms with Crippen molar-refractivity contribution in [2.45, 2.75) is 70.5 Å². The number of allylic oxidation sites excluding steroid dienone is 4. The molecule has 4 aliphatic carbocycles. The molecule has 0 amide bonds. The molecule has 4 rings (SSSR count). The zero-order chi connectivity index (χ0) is 24.2. The summed E-state index contributed by atoms with van der Waals surface area (Å²) in [6, 6.07) is 0. The van der Waals surface area contributed by atoms with Crippen molar-refractivity contribution >= 4 is 23.5 Å². The van der Waals surface area contributed by atoms with Crippen molar-refractivity contribution in [3.8, 4) is 0 Å². The average Bonchev–Trinajstić information content (AvgIpc) is 3.02. The lowest BCUT2D eigenvalue weighted by atomic mass is 9.47. The highest BCUT2D eigenvalue weighted by Crippen LogP contribution is 2.66. The van der Waals surface area contributed by atoms with Crippen LogP contribution in [0.2, 0.25) is 0 Å². The van der Waals surface area contributed by atoms with E-state index >= 15 is 0 Å². The van der Waals surface area contributed by atoms with Crippen LogP contribution in [-0.2, 0) is 23.9 Å². The summed E-state index contributed by atoms with van der Waals surface area (Å²) in [5, 5.41) is 31.6. The van der Waals surface area contributed by atoms with Gasteiger partial charge in [-0.2, -0.15) is 0 Å². The highest BCUT2D eigenvalue weighted by atomic mass is 16.5. The summed E-state index contributed by atoms with van der Waals surface area (Å²) in [4.78, 5) is 47.4. The second-order valence-corrected chi connectivity index (χ2v) is 10.6. The molecule has 0 radical (unpaired) electrons. The minimum Gasteiger partial charge on any atom is -0.481 e. The minimum atomic E-state index is -1.74. The molecule has 2 saturated carbocycles. The van der Waals surface area contributed by atoms with Crippen molar-refractivity contribution in [1.82, 2.24) is 0 Å². The third-order valence-electron chi connectivity index (χ3n) is 8.98. The number of carbonyl (C=O) groups excluding carboxylic acids is 3. The molecule has 2 fully saturated rings. The molecule has 0 aromatic carbocycles. The van der Waals surface area contributed by atoms with Gasteiger partial charge in [0.1, 0.15) is 5.60 Å². The van der Waals surface area contributed by atoms with Gasteiger partial charge in [0.15, 0.2) is 12.4 Å². The fourth-order valence-electron chi connectivity index (χ4n) is 7.24.